The molecule has 0 atom stereocenters. The van der Waals surface area contributed by atoms with Gasteiger partial charge in [0.05, 0.1) is 6.10 Å². The van der Waals surface area contributed by atoms with E-state index in [1.807, 2.05) is 0 Å². The molecule has 0 amide bonds. The predicted molar refractivity (Wildman–Crippen MR) is 78.1 cm³/mol. The van der Waals surface area contributed by atoms with Crippen LogP contribution >= 0.6 is 11.6 Å². The van der Waals surface area contributed by atoms with Gasteiger partial charge in [-0.05, 0) is 25.0 Å². The van der Waals surface area contributed by atoms with Crippen LogP contribution in [0.25, 0.3) is 0 Å². The van der Waals surface area contributed by atoms with Crippen LogP contribution in [0.15, 0.2) is 17.0 Å². The number of methoxy groups -OCH3 is 1. The van der Waals surface area contributed by atoms with Crippen molar-refractivity contribution in [3.8, 4) is 0 Å². The smallest absolute Gasteiger partial charge is 0.246 e. The van der Waals surface area contributed by atoms with Crippen molar-refractivity contribution in [1.82, 2.24) is 4.31 Å². The van der Waals surface area contributed by atoms with Gasteiger partial charge >= 0.3 is 0 Å². The van der Waals surface area contributed by atoms with E-state index >= 15 is 0 Å². The minimum Gasteiger partial charge on any atom is -0.381 e. The predicted octanol–water partition coefficient (Wildman–Crippen LogP) is 1.74. The molecule has 1 aliphatic rings. The molecule has 1 fully saturated rings. The number of halogens is 2. The zero-order valence-electron chi connectivity index (χ0n) is 11.7. The van der Waals surface area contributed by atoms with Crippen molar-refractivity contribution in [2.45, 2.75) is 30.4 Å². The second-order valence-electron chi connectivity index (χ2n) is 4.92. The molecule has 1 saturated heterocycles. The molecule has 21 heavy (non-hydrogen) atoms. The van der Waals surface area contributed by atoms with Crippen LogP contribution < -0.4 is 5.73 Å². The van der Waals surface area contributed by atoms with Gasteiger partial charge in [0.1, 0.15) is 10.7 Å². The second-order valence-corrected chi connectivity index (χ2v) is 7.26. The first-order chi connectivity index (χ1) is 9.90. The molecule has 2 rings (SSSR count). The van der Waals surface area contributed by atoms with E-state index in [0.717, 1.165) is 6.07 Å². The SMILES string of the molecule is COC1CCN(S(=O)(=O)c2cc(Cl)cc(CN)c2F)CC1. The number of ether oxygens (including phenoxy) is 1. The summed E-state index contributed by atoms with van der Waals surface area (Å²) >= 11 is 5.87. The summed E-state index contributed by atoms with van der Waals surface area (Å²) < 4.78 is 45.9. The fourth-order valence-corrected chi connectivity index (χ4v) is 4.31. The highest BCUT2D eigenvalue weighted by Gasteiger charge is 2.32. The summed E-state index contributed by atoms with van der Waals surface area (Å²) in [7, 11) is -2.32. The van der Waals surface area contributed by atoms with Gasteiger partial charge in [0.25, 0.3) is 0 Å². The molecule has 2 N–H and O–H groups in total. The minimum absolute atomic E-state index is 0.0419. The maximum atomic E-state index is 14.3. The zero-order chi connectivity index (χ0) is 15.6. The number of benzene rings is 1. The van der Waals surface area contributed by atoms with Crippen LogP contribution in [0.2, 0.25) is 5.02 Å². The molecule has 0 aromatic heterocycles. The molecule has 0 radical (unpaired) electrons. The molecule has 1 aromatic carbocycles. The standard InChI is InChI=1S/C13H18ClFN2O3S/c1-20-11-2-4-17(5-3-11)21(18,19)12-7-10(14)6-9(8-16)13(12)15/h6-7,11H,2-5,8,16H2,1H3. The third-order valence-electron chi connectivity index (χ3n) is 3.65. The lowest BCUT2D eigenvalue weighted by molar-refractivity contribution is 0.0604. The molecule has 1 heterocycles. The van der Waals surface area contributed by atoms with Gasteiger partial charge in [-0.3, -0.25) is 0 Å². The molecule has 8 heteroatoms. The van der Waals surface area contributed by atoms with Gasteiger partial charge in [0.15, 0.2) is 0 Å². The Hall–Kier alpha value is -0.730. The van der Waals surface area contributed by atoms with Crippen LogP contribution in [-0.4, -0.2) is 39.0 Å². The monoisotopic (exact) mass is 336 g/mol. The Morgan fingerprint density at radius 2 is 2.05 bits per heavy atom. The fourth-order valence-electron chi connectivity index (χ4n) is 2.40. The highest BCUT2D eigenvalue weighted by molar-refractivity contribution is 7.89. The maximum Gasteiger partial charge on any atom is 0.246 e. The fraction of sp³-hybridized carbons (Fsp3) is 0.538. The van der Waals surface area contributed by atoms with Crippen LogP contribution in [0.4, 0.5) is 4.39 Å². The highest BCUT2D eigenvalue weighted by atomic mass is 35.5. The summed E-state index contributed by atoms with van der Waals surface area (Å²) in [4.78, 5) is -0.411. The average Bonchev–Trinajstić information content (AvgIpc) is 2.49. The van der Waals surface area contributed by atoms with E-state index in [1.54, 1.807) is 7.11 Å². The first-order valence-corrected chi connectivity index (χ1v) is 8.43. The van der Waals surface area contributed by atoms with E-state index in [4.69, 9.17) is 22.1 Å². The topological polar surface area (TPSA) is 72.6 Å². The molecule has 5 nitrogen and oxygen atoms in total. The van der Waals surface area contributed by atoms with Gasteiger partial charge in [-0.2, -0.15) is 4.31 Å². The lowest BCUT2D eigenvalue weighted by atomic mass is 10.1. The Kier molecular flexibility index (Phi) is 5.21. The second kappa shape index (κ2) is 6.58. The number of hydrogen-bond donors (Lipinski definition) is 1. The average molecular weight is 337 g/mol. The summed E-state index contributed by atoms with van der Waals surface area (Å²) in [5.74, 6) is -0.823. The normalized spacial score (nSPS) is 18.1. The number of nitrogens with two attached hydrogens (primary N) is 1. The van der Waals surface area contributed by atoms with E-state index in [9.17, 15) is 12.8 Å². The first-order valence-electron chi connectivity index (χ1n) is 6.61. The van der Waals surface area contributed by atoms with E-state index in [2.05, 4.69) is 0 Å². The Balaban J connectivity index is 2.34. The van der Waals surface area contributed by atoms with Gasteiger partial charge in [-0.15, -0.1) is 0 Å². The number of rotatable bonds is 4. The lowest BCUT2D eigenvalue weighted by Crippen LogP contribution is -2.40. The van der Waals surface area contributed by atoms with Crippen LogP contribution in [-0.2, 0) is 21.3 Å². The third kappa shape index (κ3) is 3.37. The van der Waals surface area contributed by atoms with Crippen molar-refractivity contribution < 1.29 is 17.5 Å². The van der Waals surface area contributed by atoms with Crippen molar-refractivity contribution in [3.05, 3.63) is 28.5 Å². The number of sulfonamides is 1. The van der Waals surface area contributed by atoms with Gasteiger partial charge in [0, 0.05) is 37.3 Å². The van der Waals surface area contributed by atoms with Gasteiger partial charge in [-0.1, -0.05) is 11.6 Å². The van der Waals surface area contributed by atoms with Crippen molar-refractivity contribution in [2.24, 2.45) is 5.73 Å². The van der Waals surface area contributed by atoms with Gasteiger partial charge in [-0.25, -0.2) is 12.8 Å². The third-order valence-corrected chi connectivity index (χ3v) is 5.77. The zero-order valence-corrected chi connectivity index (χ0v) is 13.3. The minimum atomic E-state index is -3.92. The van der Waals surface area contributed by atoms with Gasteiger partial charge in [0.2, 0.25) is 10.0 Å². The molecule has 0 bridgehead atoms. The molecular weight excluding hydrogens is 319 g/mol. The van der Waals surface area contributed by atoms with E-state index < -0.39 is 20.7 Å². The van der Waals surface area contributed by atoms with Crippen LogP contribution in [0.5, 0.6) is 0 Å². The summed E-state index contributed by atoms with van der Waals surface area (Å²) in [6, 6.07) is 2.47. The Bertz CT molecular complexity index is 616. The first kappa shape index (κ1) is 16.6. The molecular formula is C13H18ClFN2O3S. The molecule has 0 aliphatic carbocycles. The van der Waals surface area contributed by atoms with E-state index in [-0.39, 0.29) is 23.2 Å². The molecule has 0 unspecified atom stereocenters. The largest absolute Gasteiger partial charge is 0.381 e. The summed E-state index contributed by atoms with van der Waals surface area (Å²) in [5, 5.41) is 0.155. The Labute approximate surface area is 128 Å². The van der Waals surface area contributed by atoms with Crippen molar-refractivity contribution in [1.29, 1.82) is 0 Å². The van der Waals surface area contributed by atoms with Crippen LogP contribution in [0.1, 0.15) is 18.4 Å². The number of hydrogen-bond acceptors (Lipinski definition) is 4. The van der Waals surface area contributed by atoms with E-state index in [1.165, 1.54) is 10.4 Å². The van der Waals surface area contributed by atoms with Gasteiger partial charge < -0.3 is 10.5 Å². The van der Waals surface area contributed by atoms with Crippen LogP contribution in [0.3, 0.4) is 0 Å². The molecule has 1 aromatic rings. The number of piperidine rings is 1. The molecule has 0 spiro atoms. The Morgan fingerprint density at radius 3 is 2.57 bits per heavy atom. The van der Waals surface area contributed by atoms with Crippen LogP contribution in [0, 0.1) is 5.82 Å². The maximum absolute atomic E-state index is 14.3. The summed E-state index contributed by atoms with van der Waals surface area (Å²) in [6.45, 7) is 0.482. The lowest BCUT2D eigenvalue weighted by Gasteiger charge is -2.30. The van der Waals surface area contributed by atoms with E-state index in [0.29, 0.717) is 25.9 Å². The van der Waals surface area contributed by atoms with Crippen molar-refractivity contribution in [3.63, 3.8) is 0 Å². The molecule has 118 valence electrons. The quantitative estimate of drug-likeness (QED) is 0.909. The Morgan fingerprint density at radius 1 is 1.43 bits per heavy atom. The molecule has 0 saturated carbocycles. The molecule has 1 aliphatic heterocycles. The highest BCUT2D eigenvalue weighted by Crippen LogP contribution is 2.28. The number of nitrogens with zero attached hydrogens (tertiary/aromatic N) is 1. The summed E-state index contributed by atoms with van der Waals surface area (Å²) in [5.41, 5.74) is 5.51. The van der Waals surface area contributed by atoms with Crippen molar-refractivity contribution >= 4 is 21.6 Å². The van der Waals surface area contributed by atoms with Crippen molar-refractivity contribution in [2.75, 3.05) is 20.2 Å². The summed E-state index contributed by atoms with van der Waals surface area (Å²) in [6.07, 6.45) is 1.21.